The molecular weight excluding hydrogens is 365 g/mol. The maximum atomic E-state index is 12.4. The molecule has 0 fully saturated rings. The molecule has 118 valence electrons. The van der Waals surface area contributed by atoms with E-state index >= 15 is 0 Å². The van der Waals surface area contributed by atoms with Gasteiger partial charge in [-0.15, -0.1) is 0 Å². The van der Waals surface area contributed by atoms with Crippen molar-refractivity contribution in [2.24, 2.45) is 0 Å². The molecule has 0 unspecified atom stereocenters. The molecule has 0 amide bonds. The Morgan fingerprint density at radius 2 is 1.64 bits per heavy atom. The fourth-order valence-corrected chi connectivity index (χ4v) is 3.59. The van der Waals surface area contributed by atoms with Crippen LogP contribution in [-0.4, -0.2) is 19.8 Å². The van der Waals surface area contributed by atoms with Crippen LogP contribution in [0.2, 0.25) is 15.1 Å². The van der Waals surface area contributed by atoms with Gasteiger partial charge in [-0.3, -0.25) is 0 Å². The molecule has 2 aromatic rings. The Morgan fingerprint density at radius 3 is 2.27 bits per heavy atom. The van der Waals surface area contributed by atoms with Gasteiger partial charge < -0.3 is 0 Å². The van der Waals surface area contributed by atoms with E-state index in [-0.39, 0.29) is 12.3 Å². The van der Waals surface area contributed by atoms with Crippen LogP contribution in [-0.2, 0) is 22.3 Å². The second-order valence-electron chi connectivity index (χ2n) is 4.85. The minimum Gasteiger partial charge on any atom is -0.212 e. The molecule has 0 saturated heterocycles. The maximum absolute atomic E-state index is 12.4. The Bertz CT molecular complexity index is 778. The second-order valence-corrected chi connectivity index (χ2v) is 8.15. The Hall–Kier alpha value is -0.780. The van der Waals surface area contributed by atoms with Gasteiger partial charge in [-0.1, -0.05) is 59.1 Å². The maximum Gasteiger partial charge on any atom is 0.218 e. The van der Waals surface area contributed by atoms with Crippen molar-refractivity contribution in [1.29, 1.82) is 0 Å². The van der Waals surface area contributed by atoms with Gasteiger partial charge in [0.2, 0.25) is 10.0 Å². The topological polar surface area (TPSA) is 37.4 Å². The molecule has 7 heteroatoms. The first kappa shape index (κ1) is 17.6. The molecule has 0 aromatic heterocycles. The molecule has 2 rings (SSSR count). The summed E-state index contributed by atoms with van der Waals surface area (Å²) in [5.41, 5.74) is 1.34. The summed E-state index contributed by atoms with van der Waals surface area (Å²) in [5.74, 6) is -0.148. The fourth-order valence-electron chi connectivity index (χ4n) is 1.92. The third-order valence-corrected chi connectivity index (χ3v) is 6.04. The number of hydrogen-bond donors (Lipinski definition) is 0. The third-order valence-electron chi connectivity index (χ3n) is 3.16. The van der Waals surface area contributed by atoms with Crippen LogP contribution in [0.25, 0.3) is 0 Å². The summed E-state index contributed by atoms with van der Waals surface area (Å²) >= 11 is 17.8. The Balaban J connectivity index is 2.15. The molecule has 0 aliphatic carbocycles. The van der Waals surface area contributed by atoms with Crippen LogP contribution in [0, 0.1) is 0 Å². The Labute approximate surface area is 145 Å². The SMILES string of the molecule is CN(Cc1ccccc1Cl)S(=O)(=O)Cc1ccc(Cl)c(Cl)c1. The molecule has 0 N–H and O–H groups in total. The second kappa shape index (κ2) is 7.20. The van der Waals surface area contributed by atoms with E-state index in [1.807, 2.05) is 6.07 Å². The Morgan fingerprint density at radius 1 is 0.955 bits per heavy atom. The Kier molecular flexibility index (Phi) is 5.75. The smallest absolute Gasteiger partial charge is 0.212 e. The first-order valence-corrected chi connectivity index (χ1v) is 9.15. The standard InChI is InChI=1S/C15H14Cl3NO2S/c1-19(9-12-4-2-3-5-13(12)16)22(20,21)10-11-6-7-14(17)15(18)8-11/h2-8H,9-10H2,1H3. The van der Waals surface area contributed by atoms with Crippen molar-refractivity contribution >= 4 is 44.8 Å². The van der Waals surface area contributed by atoms with Crippen LogP contribution in [0.5, 0.6) is 0 Å². The molecule has 3 nitrogen and oxygen atoms in total. The van der Waals surface area contributed by atoms with E-state index in [2.05, 4.69) is 0 Å². The molecule has 0 bridgehead atoms. The molecule has 0 spiro atoms. The minimum absolute atomic E-state index is 0.148. The van der Waals surface area contributed by atoms with Gasteiger partial charge in [0.05, 0.1) is 15.8 Å². The van der Waals surface area contributed by atoms with Crippen LogP contribution in [0.3, 0.4) is 0 Å². The highest BCUT2D eigenvalue weighted by Gasteiger charge is 2.20. The molecule has 0 saturated carbocycles. The number of sulfonamides is 1. The molecule has 2 aromatic carbocycles. The first-order chi connectivity index (χ1) is 10.3. The average molecular weight is 379 g/mol. The van der Waals surface area contributed by atoms with Crippen molar-refractivity contribution in [3.8, 4) is 0 Å². The molecule has 0 aliphatic heterocycles. The zero-order valence-electron chi connectivity index (χ0n) is 11.8. The van der Waals surface area contributed by atoms with Crippen LogP contribution >= 0.6 is 34.8 Å². The molecule has 0 radical (unpaired) electrons. The van der Waals surface area contributed by atoms with E-state index in [9.17, 15) is 8.42 Å². The van der Waals surface area contributed by atoms with Gasteiger partial charge in [0.15, 0.2) is 0 Å². The van der Waals surface area contributed by atoms with Gasteiger partial charge in [0.1, 0.15) is 0 Å². The molecule has 0 heterocycles. The lowest BCUT2D eigenvalue weighted by atomic mass is 10.2. The van der Waals surface area contributed by atoms with Crippen molar-refractivity contribution in [2.45, 2.75) is 12.3 Å². The summed E-state index contributed by atoms with van der Waals surface area (Å²) in [5, 5.41) is 1.27. The summed E-state index contributed by atoms with van der Waals surface area (Å²) < 4.78 is 26.1. The summed E-state index contributed by atoms with van der Waals surface area (Å²) in [4.78, 5) is 0. The summed E-state index contributed by atoms with van der Waals surface area (Å²) in [6.07, 6.45) is 0. The lowest BCUT2D eigenvalue weighted by Crippen LogP contribution is -2.27. The quantitative estimate of drug-likeness (QED) is 0.762. The number of benzene rings is 2. The minimum atomic E-state index is -3.48. The normalized spacial score (nSPS) is 11.9. The van der Waals surface area contributed by atoms with Gasteiger partial charge in [-0.25, -0.2) is 12.7 Å². The van der Waals surface area contributed by atoms with E-state index in [0.29, 0.717) is 20.6 Å². The predicted octanol–water partition coefficient (Wildman–Crippen LogP) is 4.61. The van der Waals surface area contributed by atoms with Crippen LogP contribution in [0.4, 0.5) is 0 Å². The molecule has 0 atom stereocenters. The number of halogens is 3. The van der Waals surface area contributed by atoms with Crippen molar-refractivity contribution in [1.82, 2.24) is 4.31 Å². The lowest BCUT2D eigenvalue weighted by Gasteiger charge is -2.18. The van der Waals surface area contributed by atoms with Crippen molar-refractivity contribution in [3.05, 3.63) is 68.7 Å². The highest BCUT2D eigenvalue weighted by atomic mass is 35.5. The zero-order chi connectivity index (χ0) is 16.3. The average Bonchev–Trinajstić information content (AvgIpc) is 2.45. The van der Waals surface area contributed by atoms with E-state index in [1.165, 1.54) is 11.4 Å². The van der Waals surface area contributed by atoms with Crippen LogP contribution in [0.1, 0.15) is 11.1 Å². The van der Waals surface area contributed by atoms with Crippen LogP contribution < -0.4 is 0 Å². The van der Waals surface area contributed by atoms with E-state index in [0.717, 1.165) is 5.56 Å². The summed E-state index contributed by atoms with van der Waals surface area (Å²) in [6.45, 7) is 0.212. The number of rotatable bonds is 5. The summed E-state index contributed by atoms with van der Waals surface area (Å²) in [6, 6.07) is 11.9. The largest absolute Gasteiger partial charge is 0.218 e. The van der Waals surface area contributed by atoms with E-state index in [1.54, 1.807) is 36.4 Å². The third kappa shape index (κ3) is 4.37. The zero-order valence-corrected chi connectivity index (χ0v) is 14.8. The first-order valence-electron chi connectivity index (χ1n) is 6.41. The van der Waals surface area contributed by atoms with Gasteiger partial charge in [0.25, 0.3) is 0 Å². The summed E-state index contributed by atoms with van der Waals surface area (Å²) in [7, 11) is -1.96. The van der Waals surface area contributed by atoms with Gasteiger partial charge in [-0.05, 0) is 29.3 Å². The van der Waals surface area contributed by atoms with Crippen molar-refractivity contribution in [2.75, 3.05) is 7.05 Å². The number of nitrogens with zero attached hydrogens (tertiary/aromatic N) is 1. The van der Waals surface area contributed by atoms with Crippen LogP contribution in [0.15, 0.2) is 42.5 Å². The van der Waals surface area contributed by atoms with Gasteiger partial charge in [-0.2, -0.15) is 0 Å². The van der Waals surface area contributed by atoms with Gasteiger partial charge >= 0.3 is 0 Å². The molecule has 22 heavy (non-hydrogen) atoms. The fraction of sp³-hybridized carbons (Fsp3) is 0.200. The molecular formula is C15H14Cl3NO2S. The van der Waals surface area contributed by atoms with E-state index in [4.69, 9.17) is 34.8 Å². The predicted molar refractivity (Wildman–Crippen MR) is 92.0 cm³/mol. The molecule has 0 aliphatic rings. The number of hydrogen-bond acceptors (Lipinski definition) is 2. The van der Waals surface area contributed by atoms with Crippen molar-refractivity contribution < 1.29 is 8.42 Å². The van der Waals surface area contributed by atoms with Crippen molar-refractivity contribution in [3.63, 3.8) is 0 Å². The highest BCUT2D eigenvalue weighted by Crippen LogP contribution is 2.24. The monoisotopic (exact) mass is 377 g/mol. The van der Waals surface area contributed by atoms with E-state index < -0.39 is 10.0 Å². The van der Waals surface area contributed by atoms with Gasteiger partial charge in [0, 0.05) is 18.6 Å². The highest BCUT2D eigenvalue weighted by molar-refractivity contribution is 7.88. The lowest BCUT2D eigenvalue weighted by molar-refractivity contribution is 0.466.